The van der Waals surface area contributed by atoms with Crippen molar-refractivity contribution in [3.05, 3.63) is 97.2 Å². The van der Waals surface area contributed by atoms with E-state index in [4.69, 9.17) is 9.47 Å². The first-order valence-electron chi connectivity index (χ1n) is 26.3. The molecule has 0 rings (SSSR count). The SMILES string of the molecule is CC/C=C\C/C=C\C/C=C\C/C=C\C/C=C\C/C=C\C/C=C\C/C=C\CCCCCCC(=O)OC(CO)COC(=O)CCCCCCCCCCCCCCCCCCCCCC. The second kappa shape index (κ2) is 53.2. The summed E-state index contributed by atoms with van der Waals surface area (Å²) in [5, 5.41) is 9.63. The van der Waals surface area contributed by atoms with Gasteiger partial charge in [-0.15, -0.1) is 0 Å². The number of esters is 2. The molecule has 0 aliphatic rings. The molecular formula is C58H98O5. The Hall–Kier alpha value is -3.18. The summed E-state index contributed by atoms with van der Waals surface area (Å²) in [6.45, 7) is 4.02. The number of aliphatic hydroxyl groups excluding tert-OH is 1. The third kappa shape index (κ3) is 51.3. The highest BCUT2D eigenvalue weighted by Crippen LogP contribution is 2.16. The average Bonchev–Trinajstić information content (AvgIpc) is 3.29. The number of allylic oxidation sites excluding steroid dienone is 16. The normalized spacial score (nSPS) is 13.0. The van der Waals surface area contributed by atoms with Crippen molar-refractivity contribution >= 4 is 11.9 Å². The maximum atomic E-state index is 12.3. The van der Waals surface area contributed by atoms with Crippen molar-refractivity contribution in [2.45, 2.75) is 245 Å². The van der Waals surface area contributed by atoms with Gasteiger partial charge in [0.2, 0.25) is 0 Å². The van der Waals surface area contributed by atoms with Gasteiger partial charge in [-0.25, -0.2) is 0 Å². The molecule has 5 nitrogen and oxygen atoms in total. The van der Waals surface area contributed by atoms with Crippen molar-refractivity contribution in [1.82, 2.24) is 0 Å². The highest BCUT2D eigenvalue weighted by molar-refractivity contribution is 5.70. The quantitative estimate of drug-likeness (QED) is 0.0375. The molecule has 0 saturated heterocycles. The lowest BCUT2D eigenvalue weighted by Crippen LogP contribution is -2.28. The van der Waals surface area contributed by atoms with E-state index in [-0.39, 0.29) is 25.2 Å². The van der Waals surface area contributed by atoms with Gasteiger partial charge in [-0.05, 0) is 77.0 Å². The number of carbonyl (C=O) groups excluding carboxylic acids is 2. The molecule has 360 valence electrons. The Morgan fingerprint density at radius 2 is 0.683 bits per heavy atom. The number of ether oxygens (including phenoxy) is 2. The highest BCUT2D eigenvalue weighted by atomic mass is 16.6. The van der Waals surface area contributed by atoms with Gasteiger partial charge in [0.05, 0.1) is 6.61 Å². The Balaban J connectivity index is 3.61. The molecule has 5 heteroatoms. The van der Waals surface area contributed by atoms with Crippen LogP contribution >= 0.6 is 0 Å². The maximum absolute atomic E-state index is 12.3. The van der Waals surface area contributed by atoms with Crippen LogP contribution in [-0.4, -0.2) is 36.4 Å². The lowest BCUT2D eigenvalue weighted by Gasteiger charge is -2.15. The molecule has 0 amide bonds. The molecule has 0 bridgehead atoms. The predicted molar refractivity (Wildman–Crippen MR) is 274 cm³/mol. The maximum Gasteiger partial charge on any atom is 0.306 e. The second-order valence-corrected chi connectivity index (χ2v) is 17.2. The monoisotopic (exact) mass is 875 g/mol. The van der Waals surface area contributed by atoms with Crippen LogP contribution in [0.3, 0.4) is 0 Å². The summed E-state index contributed by atoms with van der Waals surface area (Å²) in [6, 6.07) is 0. The molecule has 1 N–H and O–H groups in total. The largest absolute Gasteiger partial charge is 0.462 e. The van der Waals surface area contributed by atoms with E-state index in [1.54, 1.807) is 0 Å². The summed E-state index contributed by atoms with van der Waals surface area (Å²) in [6.07, 6.45) is 75.0. The number of hydrogen-bond donors (Lipinski definition) is 1. The zero-order valence-corrected chi connectivity index (χ0v) is 41.1. The summed E-state index contributed by atoms with van der Waals surface area (Å²) in [5.41, 5.74) is 0. The molecule has 1 unspecified atom stereocenters. The van der Waals surface area contributed by atoms with Crippen LogP contribution in [0.15, 0.2) is 97.2 Å². The fraction of sp³-hybridized carbons (Fsp3) is 0.690. The first kappa shape index (κ1) is 59.8. The van der Waals surface area contributed by atoms with Gasteiger partial charge < -0.3 is 14.6 Å². The molecule has 0 aliphatic heterocycles. The summed E-state index contributed by atoms with van der Waals surface area (Å²) < 4.78 is 10.7. The van der Waals surface area contributed by atoms with Crippen LogP contribution in [0.2, 0.25) is 0 Å². The third-order valence-electron chi connectivity index (χ3n) is 11.1. The van der Waals surface area contributed by atoms with E-state index in [1.807, 2.05) is 0 Å². The van der Waals surface area contributed by atoms with Crippen molar-refractivity contribution in [1.29, 1.82) is 0 Å². The second-order valence-electron chi connectivity index (χ2n) is 17.2. The lowest BCUT2D eigenvalue weighted by molar-refractivity contribution is -0.161. The molecular weight excluding hydrogens is 777 g/mol. The van der Waals surface area contributed by atoms with Gasteiger partial charge in [0, 0.05) is 12.8 Å². The first-order valence-corrected chi connectivity index (χ1v) is 26.3. The number of unbranched alkanes of at least 4 members (excludes halogenated alkanes) is 23. The topological polar surface area (TPSA) is 72.8 Å². The number of aliphatic hydroxyl groups is 1. The van der Waals surface area contributed by atoms with E-state index in [2.05, 4.69) is 111 Å². The Kier molecular flexibility index (Phi) is 50.5. The van der Waals surface area contributed by atoms with E-state index >= 15 is 0 Å². The van der Waals surface area contributed by atoms with Crippen LogP contribution in [-0.2, 0) is 19.1 Å². The van der Waals surface area contributed by atoms with E-state index in [1.165, 1.54) is 109 Å². The van der Waals surface area contributed by atoms with Gasteiger partial charge in [-0.2, -0.15) is 0 Å². The van der Waals surface area contributed by atoms with Crippen LogP contribution in [0.1, 0.15) is 239 Å². The Morgan fingerprint density at radius 3 is 1.03 bits per heavy atom. The molecule has 0 aliphatic carbocycles. The van der Waals surface area contributed by atoms with Crippen molar-refractivity contribution in [3.8, 4) is 0 Å². The molecule has 0 aromatic carbocycles. The fourth-order valence-corrected chi connectivity index (χ4v) is 7.22. The van der Waals surface area contributed by atoms with Gasteiger partial charge in [-0.1, -0.05) is 246 Å². The van der Waals surface area contributed by atoms with Crippen molar-refractivity contribution in [3.63, 3.8) is 0 Å². The van der Waals surface area contributed by atoms with Crippen LogP contribution in [0.4, 0.5) is 0 Å². The minimum atomic E-state index is -0.791. The minimum Gasteiger partial charge on any atom is -0.462 e. The molecule has 0 heterocycles. The van der Waals surface area contributed by atoms with Gasteiger partial charge in [0.25, 0.3) is 0 Å². The van der Waals surface area contributed by atoms with Crippen molar-refractivity contribution < 1.29 is 24.2 Å². The van der Waals surface area contributed by atoms with Crippen LogP contribution in [0.25, 0.3) is 0 Å². The molecule has 0 aromatic rings. The molecule has 0 aromatic heterocycles. The average molecular weight is 875 g/mol. The standard InChI is InChI=1S/C58H98O5/c1-3-5-7-9-11-13-15-17-19-21-23-25-26-27-28-29-30-31-32-33-35-37-39-41-43-45-47-49-51-53-58(61)63-56(54-59)55-62-57(60)52-50-48-46-44-42-40-38-36-34-24-22-20-18-16-14-12-10-8-6-4-2/h5,7,11,13,17,19,23,25,27-28,30-31,33,35,39,41,56,59H,3-4,6,8-10,12,14-16,18,20-22,24,26,29,32,34,36-38,40,42-55H2,1-2H3/b7-5-,13-11-,19-17-,25-23-,28-27-,31-30-,35-33-,41-39-. The fourth-order valence-electron chi connectivity index (χ4n) is 7.22. The van der Waals surface area contributed by atoms with Crippen molar-refractivity contribution in [2.24, 2.45) is 0 Å². The molecule has 0 spiro atoms. The van der Waals surface area contributed by atoms with E-state index in [0.29, 0.717) is 12.8 Å². The van der Waals surface area contributed by atoms with Crippen molar-refractivity contribution in [2.75, 3.05) is 13.2 Å². The summed E-state index contributed by atoms with van der Waals surface area (Å²) in [4.78, 5) is 24.5. The van der Waals surface area contributed by atoms with E-state index in [0.717, 1.165) is 103 Å². The van der Waals surface area contributed by atoms with Crippen LogP contribution < -0.4 is 0 Å². The predicted octanol–water partition coefficient (Wildman–Crippen LogP) is 17.6. The van der Waals surface area contributed by atoms with Gasteiger partial charge in [-0.3, -0.25) is 9.59 Å². The summed E-state index contributed by atoms with van der Waals surface area (Å²) in [7, 11) is 0. The molecule has 0 saturated carbocycles. The zero-order chi connectivity index (χ0) is 45.6. The molecule has 0 radical (unpaired) electrons. The van der Waals surface area contributed by atoms with Gasteiger partial charge in [0.1, 0.15) is 6.61 Å². The summed E-state index contributed by atoms with van der Waals surface area (Å²) in [5.74, 6) is -0.618. The van der Waals surface area contributed by atoms with Crippen LogP contribution in [0.5, 0.6) is 0 Å². The van der Waals surface area contributed by atoms with Gasteiger partial charge >= 0.3 is 11.9 Å². The Labute approximate surface area is 389 Å². The highest BCUT2D eigenvalue weighted by Gasteiger charge is 2.16. The molecule has 0 fully saturated rings. The first-order chi connectivity index (χ1) is 31.1. The molecule has 63 heavy (non-hydrogen) atoms. The number of carbonyl (C=O) groups is 2. The van der Waals surface area contributed by atoms with Gasteiger partial charge in [0.15, 0.2) is 6.10 Å². The zero-order valence-electron chi connectivity index (χ0n) is 41.1. The van der Waals surface area contributed by atoms with E-state index < -0.39 is 6.10 Å². The van der Waals surface area contributed by atoms with Crippen LogP contribution in [0, 0.1) is 0 Å². The number of rotatable bonds is 47. The Morgan fingerprint density at radius 1 is 0.381 bits per heavy atom. The number of hydrogen-bond acceptors (Lipinski definition) is 5. The lowest BCUT2D eigenvalue weighted by atomic mass is 10.0. The smallest absolute Gasteiger partial charge is 0.306 e. The Bertz CT molecular complexity index is 1220. The van der Waals surface area contributed by atoms with E-state index in [9.17, 15) is 14.7 Å². The minimum absolute atomic E-state index is 0.0791. The summed E-state index contributed by atoms with van der Waals surface area (Å²) >= 11 is 0. The third-order valence-corrected chi connectivity index (χ3v) is 11.1. The molecule has 1 atom stereocenters.